The fourth-order valence-electron chi connectivity index (χ4n) is 1.95. The molecule has 1 N–H and O–H groups in total. The largest absolute Gasteiger partial charge is 0.466 e. The maximum absolute atomic E-state index is 11.6. The van der Waals surface area contributed by atoms with Gasteiger partial charge in [-0.25, -0.2) is 4.79 Å². The van der Waals surface area contributed by atoms with Crippen molar-refractivity contribution in [3.05, 3.63) is 22.4 Å². The second-order valence-electron chi connectivity index (χ2n) is 3.88. The molecule has 0 spiro atoms. The van der Waals surface area contributed by atoms with E-state index in [-0.39, 0.29) is 17.7 Å². The van der Waals surface area contributed by atoms with Crippen LogP contribution in [0.5, 0.6) is 0 Å². The van der Waals surface area contributed by atoms with Crippen LogP contribution in [0.1, 0.15) is 13.3 Å². The molecule has 1 atom stereocenters. The third-order valence-corrected chi connectivity index (χ3v) is 3.70. The molecular weight excluding hydrogens is 226 g/mol. The Morgan fingerprint density at radius 3 is 3.06 bits per heavy atom. The average molecular weight is 239 g/mol. The van der Waals surface area contributed by atoms with E-state index in [0.29, 0.717) is 12.2 Å². The quantitative estimate of drug-likeness (QED) is 0.550. The number of carbonyl (C=O) groups excluding carboxylic acids is 2. The highest BCUT2D eigenvalue weighted by Crippen LogP contribution is 2.38. The number of ether oxygens (including phenoxy) is 1. The molecule has 0 aromatic rings. The van der Waals surface area contributed by atoms with Gasteiger partial charge in [0.2, 0.25) is 0 Å². The van der Waals surface area contributed by atoms with Crippen LogP contribution in [0.3, 0.4) is 0 Å². The Morgan fingerprint density at radius 2 is 2.38 bits per heavy atom. The van der Waals surface area contributed by atoms with Crippen molar-refractivity contribution in [2.24, 2.45) is 5.92 Å². The number of Topliss-reactive ketones (excluding diaryl/α,β-unsaturated/α-hetero) is 1. The molecule has 2 aliphatic heterocycles. The zero-order chi connectivity index (χ0) is 11.7. The number of rotatable bonds is 1. The Balaban J connectivity index is 2.22. The highest BCUT2D eigenvalue weighted by atomic mass is 32.2. The summed E-state index contributed by atoms with van der Waals surface area (Å²) in [4.78, 5) is 22.7. The molecule has 0 aromatic carbocycles. The maximum Gasteiger partial charge on any atom is 0.332 e. The number of esters is 1. The molecule has 2 rings (SSSR count). The van der Waals surface area contributed by atoms with Gasteiger partial charge in [-0.05, 0) is 12.3 Å². The van der Waals surface area contributed by atoms with Crippen LogP contribution >= 0.6 is 11.8 Å². The summed E-state index contributed by atoms with van der Waals surface area (Å²) in [6.07, 6.45) is 2.13. The predicted molar refractivity (Wildman–Crippen MR) is 61.5 cm³/mol. The van der Waals surface area contributed by atoms with Gasteiger partial charge in [0.05, 0.1) is 17.9 Å². The smallest absolute Gasteiger partial charge is 0.332 e. The first kappa shape index (κ1) is 11.3. The first-order chi connectivity index (χ1) is 7.61. The molecule has 0 aromatic heterocycles. The second kappa shape index (κ2) is 4.33. The first-order valence-corrected chi connectivity index (χ1v) is 6.06. The molecule has 2 heterocycles. The van der Waals surface area contributed by atoms with Crippen LogP contribution in [0.25, 0.3) is 0 Å². The molecule has 0 aliphatic carbocycles. The number of carbonyl (C=O) groups is 2. The van der Waals surface area contributed by atoms with E-state index in [1.165, 1.54) is 24.9 Å². The summed E-state index contributed by atoms with van der Waals surface area (Å²) in [5, 5.41) is 4.03. The average Bonchev–Trinajstić information content (AvgIpc) is 2.60. The van der Waals surface area contributed by atoms with Crippen molar-refractivity contribution >= 4 is 23.5 Å². The van der Waals surface area contributed by atoms with Gasteiger partial charge in [0.15, 0.2) is 5.78 Å². The van der Waals surface area contributed by atoms with Gasteiger partial charge >= 0.3 is 5.97 Å². The van der Waals surface area contributed by atoms with E-state index >= 15 is 0 Å². The third kappa shape index (κ3) is 2.00. The maximum atomic E-state index is 11.6. The molecule has 0 amide bonds. The van der Waals surface area contributed by atoms with Crippen molar-refractivity contribution in [1.29, 1.82) is 0 Å². The van der Waals surface area contributed by atoms with Crippen molar-refractivity contribution in [2.45, 2.75) is 13.3 Å². The molecule has 16 heavy (non-hydrogen) atoms. The zero-order valence-corrected chi connectivity index (χ0v) is 10.0. The third-order valence-electron chi connectivity index (χ3n) is 2.68. The van der Waals surface area contributed by atoms with Crippen LogP contribution in [-0.2, 0) is 14.3 Å². The molecule has 2 aliphatic rings. The van der Waals surface area contributed by atoms with Crippen molar-refractivity contribution < 1.29 is 14.3 Å². The van der Waals surface area contributed by atoms with Gasteiger partial charge in [0, 0.05) is 17.3 Å². The van der Waals surface area contributed by atoms with E-state index in [1.54, 1.807) is 0 Å². The number of hydrogen-bond acceptors (Lipinski definition) is 5. The SMILES string of the molecule is COC(=O)/C=C1\CC(C)C2=C(N1)SCC2=O. The van der Waals surface area contributed by atoms with Gasteiger partial charge in [0.25, 0.3) is 0 Å². The number of ketones is 1. The van der Waals surface area contributed by atoms with Crippen molar-refractivity contribution in [1.82, 2.24) is 5.32 Å². The van der Waals surface area contributed by atoms with Gasteiger partial charge in [-0.3, -0.25) is 4.79 Å². The minimum Gasteiger partial charge on any atom is -0.466 e. The van der Waals surface area contributed by atoms with E-state index in [9.17, 15) is 9.59 Å². The van der Waals surface area contributed by atoms with Crippen LogP contribution < -0.4 is 5.32 Å². The van der Waals surface area contributed by atoms with Gasteiger partial charge in [-0.1, -0.05) is 18.7 Å². The van der Waals surface area contributed by atoms with E-state index in [1.807, 2.05) is 6.92 Å². The number of nitrogens with one attached hydrogen (secondary N) is 1. The molecule has 0 radical (unpaired) electrons. The fraction of sp³-hybridized carbons (Fsp3) is 0.455. The molecule has 4 nitrogen and oxygen atoms in total. The Morgan fingerprint density at radius 1 is 1.62 bits per heavy atom. The van der Waals surface area contributed by atoms with Gasteiger partial charge in [-0.15, -0.1) is 0 Å². The number of hydrogen-bond donors (Lipinski definition) is 1. The van der Waals surface area contributed by atoms with Crippen LogP contribution in [0.2, 0.25) is 0 Å². The molecule has 0 fully saturated rings. The molecular formula is C11H13NO3S. The van der Waals surface area contributed by atoms with E-state index in [4.69, 9.17) is 0 Å². The fourth-order valence-corrected chi connectivity index (χ4v) is 3.05. The monoisotopic (exact) mass is 239 g/mol. The minimum atomic E-state index is -0.368. The summed E-state index contributed by atoms with van der Waals surface area (Å²) < 4.78 is 4.58. The highest BCUT2D eigenvalue weighted by molar-refractivity contribution is 8.04. The lowest BCUT2D eigenvalue weighted by Crippen LogP contribution is -2.24. The van der Waals surface area contributed by atoms with Crippen LogP contribution in [0.15, 0.2) is 22.4 Å². The zero-order valence-electron chi connectivity index (χ0n) is 9.20. The summed E-state index contributed by atoms with van der Waals surface area (Å²) in [5.74, 6) is 0.521. The summed E-state index contributed by atoms with van der Waals surface area (Å²) in [6, 6.07) is 0. The predicted octanol–water partition coefficient (Wildman–Crippen LogP) is 1.20. The molecule has 0 saturated carbocycles. The Hall–Kier alpha value is -1.23. The van der Waals surface area contributed by atoms with Gasteiger partial charge in [0.1, 0.15) is 0 Å². The van der Waals surface area contributed by atoms with Crippen molar-refractivity contribution in [2.75, 3.05) is 12.9 Å². The number of methoxy groups -OCH3 is 1. The Labute approximate surface area is 98.1 Å². The minimum absolute atomic E-state index is 0.176. The molecule has 86 valence electrons. The lowest BCUT2D eigenvalue weighted by atomic mass is 9.91. The van der Waals surface area contributed by atoms with Crippen LogP contribution in [-0.4, -0.2) is 24.6 Å². The Bertz CT molecular complexity index is 411. The topological polar surface area (TPSA) is 55.4 Å². The molecule has 0 saturated heterocycles. The van der Waals surface area contributed by atoms with E-state index in [0.717, 1.165) is 16.3 Å². The summed E-state index contributed by atoms with van der Waals surface area (Å²) >= 11 is 1.50. The van der Waals surface area contributed by atoms with Crippen molar-refractivity contribution in [3.63, 3.8) is 0 Å². The van der Waals surface area contributed by atoms with E-state index in [2.05, 4.69) is 10.1 Å². The summed E-state index contributed by atoms with van der Waals surface area (Å²) in [7, 11) is 1.35. The number of allylic oxidation sites excluding steroid dienone is 2. The Kier molecular flexibility index (Phi) is 3.05. The molecule has 1 unspecified atom stereocenters. The van der Waals surface area contributed by atoms with Gasteiger partial charge in [-0.2, -0.15) is 0 Å². The normalized spacial score (nSPS) is 26.8. The van der Waals surface area contributed by atoms with Crippen LogP contribution in [0, 0.1) is 5.92 Å². The first-order valence-electron chi connectivity index (χ1n) is 5.07. The lowest BCUT2D eigenvalue weighted by molar-refractivity contribution is -0.134. The van der Waals surface area contributed by atoms with Gasteiger partial charge < -0.3 is 10.1 Å². The van der Waals surface area contributed by atoms with Crippen LogP contribution in [0.4, 0.5) is 0 Å². The van der Waals surface area contributed by atoms with E-state index < -0.39 is 0 Å². The molecule has 0 bridgehead atoms. The lowest BCUT2D eigenvalue weighted by Gasteiger charge is -2.23. The summed E-state index contributed by atoms with van der Waals surface area (Å²) in [5.41, 5.74) is 1.70. The van der Waals surface area contributed by atoms with Crippen molar-refractivity contribution in [3.8, 4) is 0 Å². The molecule has 5 heteroatoms. The highest BCUT2D eigenvalue weighted by Gasteiger charge is 2.32. The second-order valence-corrected chi connectivity index (χ2v) is 4.86. The standard InChI is InChI=1S/C11H13NO3S/c1-6-3-7(4-9(14)15-2)12-11-10(6)8(13)5-16-11/h4,6,12H,3,5H2,1-2H3/b7-4+. The summed E-state index contributed by atoms with van der Waals surface area (Å²) in [6.45, 7) is 2.01. The number of thioether (sulfide) groups is 1.